The van der Waals surface area contributed by atoms with Crippen LogP contribution in [0.15, 0.2) is 306 Å². The number of halogens is 2. The van der Waals surface area contributed by atoms with Crippen molar-refractivity contribution in [3.05, 3.63) is 306 Å². The zero-order valence-electron chi connectivity index (χ0n) is 45.3. The van der Waals surface area contributed by atoms with Crippen LogP contribution in [0, 0.1) is 0 Å². The molecule has 0 aliphatic heterocycles. The maximum absolute atomic E-state index is 3.71. The van der Waals surface area contributed by atoms with Crippen LogP contribution in [0.25, 0.3) is 137 Å². The first-order valence-electron chi connectivity index (χ1n) is 28.2. The summed E-state index contributed by atoms with van der Waals surface area (Å²) >= 11 is 7.29. The van der Waals surface area contributed by atoms with Gasteiger partial charge in [0.2, 0.25) is 0 Å². The Balaban J connectivity index is 0.000000113. The first-order valence-corrected chi connectivity index (χ1v) is 29.8. The molecule has 8 heteroatoms. The van der Waals surface area contributed by atoms with Crippen molar-refractivity contribution in [2.24, 2.45) is 0 Å². The van der Waals surface area contributed by atoms with Gasteiger partial charge in [-0.3, -0.25) is 0 Å². The number of fused-ring (bicyclic) bond motifs is 16. The Kier molecular flexibility index (Phi) is 12.1. The number of rotatable bonds is 5. The highest BCUT2D eigenvalue weighted by Crippen LogP contribution is 2.42. The van der Waals surface area contributed by atoms with Crippen LogP contribution in [0.5, 0.6) is 0 Å². The van der Waals surface area contributed by atoms with Gasteiger partial charge in [-0.25, -0.2) is 0 Å². The number of aromatic nitrogens is 6. The van der Waals surface area contributed by atoms with Crippen LogP contribution < -0.4 is 0 Å². The second-order valence-electron chi connectivity index (χ2n) is 21.2. The Bertz CT molecular complexity index is 5510. The molecule has 6 heterocycles. The van der Waals surface area contributed by atoms with E-state index < -0.39 is 0 Å². The lowest BCUT2D eigenvalue weighted by Gasteiger charge is -2.10. The average molecular weight is 1210 g/mol. The molecular weight excluding hydrogens is 1160 g/mol. The number of nitrogens with one attached hydrogen (secondary N) is 1. The van der Waals surface area contributed by atoms with Gasteiger partial charge in [-0.05, 0) is 162 Å². The summed E-state index contributed by atoms with van der Waals surface area (Å²) in [6.07, 6.45) is 4.34. The van der Waals surface area contributed by atoms with Crippen molar-refractivity contribution in [1.82, 2.24) is 27.8 Å². The quantitative estimate of drug-likeness (QED) is 0.178. The second kappa shape index (κ2) is 20.4. The molecule has 12 aromatic carbocycles. The number of H-pyrrole nitrogens is 1. The van der Waals surface area contributed by atoms with Crippen molar-refractivity contribution in [2.45, 2.75) is 0 Å². The molecule has 0 amide bonds. The molecule has 18 rings (SSSR count). The van der Waals surface area contributed by atoms with Crippen molar-refractivity contribution in [3.63, 3.8) is 0 Å². The summed E-state index contributed by atoms with van der Waals surface area (Å²) in [4.78, 5) is 3.51. The molecule has 0 aliphatic rings. The van der Waals surface area contributed by atoms with E-state index in [0.29, 0.717) is 0 Å². The van der Waals surface area contributed by atoms with Crippen LogP contribution in [0.4, 0.5) is 0 Å². The highest BCUT2D eigenvalue weighted by atomic mass is 79.9. The molecule has 0 fully saturated rings. The Morgan fingerprint density at radius 3 is 1.38 bits per heavy atom. The van der Waals surface area contributed by atoms with E-state index in [9.17, 15) is 0 Å². The van der Waals surface area contributed by atoms with E-state index in [2.05, 4.69) is 345 Å². The molecule has 0 aliphatic carbocycles. The third-order valence-corrected chi connectivity index (χ3v) is 17.7. The van der Waals surface area contributed by atoms with Gasteiger partial charge in [0, 0.05) is 115 Å². The molecule has 84 heavy (non-hydrogen) atoms. The van der Waals surface area contributed by atoms with E-state index in [-0.39, 0.29) is 0 Å². The van der Waals surface area contributed by atoms with Gasteiger partial charge >= 0.3 is 0 Å². The maximum Gasteiger partial charge on any atom is 0.0683 e. The van der Waals surface area contributed by atoms with Crippen molar-refractivity contribution >= 4 is 141 Å². The van der Waals surface area contributed by atoms with Gasteiger partial charge in [-0.2, -0.15) is 0 Å². The van der Waals surface area contributed by atoms with Crippen LogP contribution in [-0.4, -0.2) is 27.8 Å². The van der Waals surface area contributed by atoms with Crippen LogP contribution in [-0.2, 0) is 0 Å². The lowest BCUT2D eigenvalue weighted by atomic mass is 10.1. The Morgan fingerprint density at radius 2 is 0.702 bits per heavy atom. The highest BCUT2D eigenvalue weighted by Gasteiger charge is 2.20. The Labute approximate surface area is 500 Å². The lowest BCUT2D eigenvalue weighted by molar-refractivity contribution is 1.13. The fourth-order valence-corrected chi connectivity index (χ4v) is 13.9. The molecule has 0 bridgehead atoms. The zero-order chi connectivity index (χ0) is 55.8. The summed E-state index contributed by atoms with van der Waals surface area (Å²) in [6.45, 7) is 0. The molecule has 0 radical (unpaired) electrons. The molecule has 0 atom stereocenters. The van der Waals surface area contributed by atoms with Gasteiger partial charge in [0.1, 0.15) is 0 Å². The monoisotopic (exact) mass is 1200 g/mol. The molecule has 0 unspecified atom stereocenters. The van der Waals surface area contributed by atoms with Crippen molar-refractivity contribution in [2.75, 3.05) is 0 Å². The highest BCUT2D eigenvalue weighted by molar-refractivity contribution is 9.11. The van der Waals surface area contributed by atoms with E-state index in [1.165, 1.54) is 137 Å². The van der Waals surface area contributed by atoms with Gasteiger partial charge < -0.3 is 27.8 Å². The van der Waals surface area contributed by atoms with Gasteiger partial charge in [0.25, 0.3) is 0 Å². The summed E-state index contributed by atoms with van der Waals surface area (Å²) in [5.74, 6) is 0. The van der Waals surface area contributed by atoms with Gasteiger partial charge in [-0.1, -0.05) is 155 Å². The predicted octanol–water partition coefficient (Wildman–Crippen LogP) is 21.4. The van der Waals surface area contributed by atoms with E-state index in [1.807, 2.05) is 12.1 Å². The molecule has 0 saturated heterocycles. The number of hydrogen-bond acceptors (Lipinski definition) is 0. The third-order valence-electron chi connectivity index (χ3n) is 16.6. The van der Waals surface area contributed by atoms with E-state index in [4.69, 9.17) is 0 Å². The van der Waals surface area contributed by atoms with E-state index in [1.54, 1.807) is 0 Å². The number of para-hydroxylation sites is 8. The molecule has 1 N–H and O–H groups in total. The van der Waals surface area contributed by atoms with Crippen molar-refractivity contribution in [1.29, 1.82) is 0 Å². The number of aromatic amines is 1. The van der Waals surface area contributed by atoms with Gasteiger partial charge in [0.05, 0.1) is 44.1 Å². The van der Waals surface area contributed by atoms with E-state index >= 15 is 0 Å². The summed E-state index contributed by atoms with van der Waals surface area (Å²) in [5.41, 5.74) is 18.0. The van der Waals surface area contributed by atoms with Crippen molar-refractivity contribution in [3.8, 4) is 28.4 Å². The van der Waals surface area contributed by atoms with Crippen LogP contribution in [0.1, 0.15) is 0 Å². The van der Waals surface area contributed by atoms with Crippen molar-refractivity contribution < 1.29 is 0 Å². The zero-order valence-corrected chi connectivity index (χ0v) is 48.5. The second-order valence-corrected chi connectivity index (χ2v) is 23.0. The normalized spacial score (nSPS) is 11.7. The first kappa shape index (κ1) is 49.7. The molecule has 0 saturated carbocycles. The Morgan fingerprint density at radius 1 is 0.250 bits per heavy atom. The first-order chi connectivity index (χ1) is 41.5. The smallest absolute Gasteiger partial charge is 0.0683 e. The summed E-state index contributed by atoms with van der Waals surface area (Å²) in [6, 6.07) is 101. The fourth-order valence-electron chi connectivity index (χ4n) is 13.0. The minimum Gasteiger partial charge on any atom is -0.354 e. The maximum atomic E-state index is 3.71. The van der Waals surface area contributed by atoms with Gasteiger partial charge in [-0.15, -0.1) is 0 Å². The van der Waals surface area contributed by atoms with Crippen LogP contribution in [0.2, 0.25) is 0 Å². The van der Waals surface area contributed by atoms with Gasteiger partial charge in [0.15, 0.2) is 0 Å². The predicted molar refractivity (Wildman–Crippen MR) is 361 cm³/mol. The summed E-state index contributed by atoms with van der Waals surface area (Å²) < 4.78 is 13.8. The molecule has 18 aromatic rings. The number of benzene rings is 12. The van der Waals surface area contributed by atoms with Crippen LogP contribution in [0.3, 0.4) is 0 Å². The SMILES string of the molecule is Brc1ccc2c(c1)c1cccc(Br)c1n2-c1ccccc1.c1ccc(-n2ccc3c4c(ccc32)[nH]c2ccccc24)cc1.c1ccc(-n2ccc3c4c5ccccc5n(-c5ccc6c(c5)c5ccccc5n6-c5ccccc5)c4ccc32)cc1. The molecule has 0 spiro atoms. The number of nitrogens with zero attached hydrogens (tertiary/aromatic N) is 5. The minimum atomic E-state index is 1.10. The van der Waals surface area contributed by atoms with Crippen LogP contribution >= 0.6 is 31.9 Å². The third kappa shape index (κ3) is 8.12. The average Bonchev–Trinajstić information content (AvgIpc) is 2.06. The fraction of sp³-hybridized carbons (Fsp3) is 0. The molecule has 6 nitrogen and oxygen atoms in total. The van der Waals surface area contributed by atoms with E-state index in [0.717, 1.165) is 8.95 Å². The largest absolute Gasteiger partial charge is 0.354 e. The lowest BCUT2D eigenvalue weighted by Crippen LogP contribution is -1.95. The minimum absolute atomic E-state index is 1.10. The summed E-state index contributed by atoms with van der Waals surface area (Å²) in [5, 5.41) is 12.7. The topological polar surface area (TPSA) is 40.4 Å². The molecule has 398 valence electrons. The molecular formula is C76H50Br2N6. The standard InChI is InChI=1S/C38H25N3.C20H14N2.C18H11Br2N/c1-3-11-26(12-4-1)39-24-23-31-33(39)21-22-37-38(31)30-16-8-10-18-35(30)41(37)28-19-20-36-32(25-28)29-15-7-9-17-34(29)40(36)27-13-5-2-6-14-27;1-2-6-14(7-3-1)22-13-12-16-19(22)11-10-18-20(16)15-8-4-5-9-17(15)21-18;19-12-9-10-17-15(11-12)14-7-4-8-16(20)18(14)21(17)13-5-2-1-3-6-13/h1-25H;1-13,21H;1-11H. The Hall–Kier alpha value is -10.1. The number of hydrogen-bond donors (Lipinski definition) is 1. The summed E-state index contributed by atoms with van der Waals surface area (Å²) in [7, 11) is 0. The molecule has 6 aromatic heterocycles.